The first-order valence-corrected chi connectivity index (χ1v) is 6.70. The standard InChI is InChI=1S/C13H19NS/c1-10-2-3-13-12(8-10)9-11(4-6-14)5-7-15-13/h2-3,8,11H,4-7,9,14H2,1H3. The van der Waals surface area contributed by atoms with Crippen LogP contribution in [0.3, 0.4) is 0 Å². The molecule has 1 aromatic carbocycles. The third kappa shape index (κ3) is 2.76. The summed E-state index contributed by atoms with van der Waals surface area (Å²) in [4.78, 5) is 1.49. The van der Waals surface area contributed by atoms with Crippen LogP contribution in [0.15, 0.2) is 23.1 Å². The van der Waals surface area contributed by atoms with Crippen LogP contribution in [0.2, 0.25) is 0 Å². The summed E-state index contributed by atoms with van der Waals surface area (Å²) >= 11 is 2.01. The highest BCUT2D eigenvalue weighted by Crippen LogP contribution is 2.32. The van der Waals surface area contributed by atoms with Crippen molar-refractivity contribution < 1.29 is 0 Å². The van der Waals surface area contributed by atoms with E-state index in [1.54, 1.807) is 0 Å². The molecule has 1 heterocycles. The smallest absolute Gasteiger partial charge is 0.0104 e. The Morgan fingerprint density at radius 3 is 3.13 bits per heavy atom. The maximum atomic E-state index is 5.65. The molecule has 15 heavy (non-hydrogen) atoms. The van der Waals surface area contributed by atoms with Crippen LogP contribution in [0, 0.1) is 12.8 Å². The summed E-state index contributed by atoms with van der Waals surface area (Å²) in [5.74, 6) is 2.05. The second kappa shape index (κ2) is 5.04. The second-order valence-electron chi connectivity index (χ2n) is 4.40. The van der Waals surface area contributed by atoms with Gasteiger partial charge in [-0.1, -0.05) is 17.7 Å². The molecule has 2 rings (SSSR count). The monoisotopic (exact) mass is 221 g/mol. The topological polar surface area (TPSA) is 26.0 Å². The summed E-state index contributed by atoms with van der Waals surface area (Å²) in [5, 5.41) is 0. The highest BCUT2D eigenvalue weighted by atomic mass is 32.2. The van der Waals surface area contributed by atoms with Gasteiger partial charge in [0, 0.05) is 4.90 Å². The number of nitrogens with two attached hydrogens (primary N) is 1. The van der Waals surface area contributed by atoms with Crippen LogP contribution in [0.25, 0.3) is 0 Å². The van der Waals surface area contributed by atoms with E-state index in [-0.39, 0.29) is 0 Å². The SMILES string of the molecule is Cc1ccc2c(c1)CC(CCN)CCS2. The summed E-state index contributed by atoms with van der Waals surface area (Å²) in [6.45, 7) is 3.00. The molecule has 0 aromatic heterocycles. The van der Waals surface area contributed by atoms with Crippen molar-refractivity contribution in [3.8, 4) is 0 Å². The normalized spacial score (nSPS) is 20.8. The van der Waals surface area contributed by atoms with Crippen molar-refractivity contribution in [1.29, 1.82) is 0 Å². The zero-order valence-corrected chi connectivity index (χ0v) is 10.1. The van der Waals surface area contributed by atoms with E-state index < -0.39 is 0 Å². The molecule has 82 valence electrons. The maximum Gasteiger partial charge on any atom is 0.0104 e. The van der Waals surface area contributed by atoms with Crippen LogP contribution in [0.5, 0.6) is 0 Å². The highest BCUT2D eigenvalue weighted by molar-refractivity contribution is 7.99. The first-order valence-electron chi connectivity index (χ1n) is 5.72. The Balaban J connectivity index is 2.19. The van der Waals surface area contributed by atoms with Crippen molar-refractivity contribution >= 4 is 11.8 Å². The highest BCUT2D eigenvalue weighted by Gasteiger charge is 2.16. The first kappa shape index (κ1) is 11.0. The van der Waals surface area contributed by atoms with Gasteiger partial charge in [-0.15, -0.1) is 11.8 Å². The molecule has 0 radical (unpaired) electrons. The van der Waals surface area contributed by atoms with Crippen molar-refractivity contribution in [2.24, 2.45) is 11.7 Å². The van der Waals surface area contributed by atoms with Crippen molar-refractivity contribution in [1.82, 2.24) is 0 Å². The second-order valence-corrected chi connectivity index (χ2v) is 5.53. The van der Waals surface area contributed by atoms with E-state index in [9.17, 15) is 0 Å². The van der Waals surface area contributed by atoms with E-state index in [1.165, 1.54) is 41.0 Å². The summed E-state index contributed by atoms with van der Waals surface area (Å²) in [5.41, 5.74) is 8.57. The molecule has 0 bridgehead atoms. The summed E-state index contributed by atoms with van der Waals surface area (Å²) < 4.78 is 0. The fourth-order valence-electron chi connectivity index (χ4n) is 2.24. The Labute approximate surface area is 96.4 Å². The number of benzene rings is 1. The minimum Gasteiger partial charge on any atom is -0.330 e. The predicted octanol–water partition coefficient (Wildman–Crippen LogP) is 3.00. The van der Waals surface area contributed by atoms with E-state index >= 15 is 0 Å². The van der Waals surface area contributed by atoms with Gasteiger partial charge in [-0.3, -0.25) is 0 Å². The summed E-state index contributed by atoms with van der Waals surface area (Å²) in [7, 11) is 0. The van der Waals surface area contributed by atoms with Crippen LogP contribution in [0.4, 0.5) is 0 Å². The van der Waals surface area contributed by atoms with Crippen LogP contribution >= 0.6 is 11.8 Å². The van der Waals surface area contributed by atoms with Gasteiger partial charge in [0.15, 0.2) is 0 Å². The number of aryl methyl sites for hydroxylation is 1. The van der Waals surface area contributed by atoms with Gasteiger partial charge in [0.2, 0.25) is 0 Å². The zero-order valence-electron chi connectivity index (χ0n) is 9.33. The fourth-order valence-corrected chi connectivity index (χ4v) is 3.40. The number of fused-ring (bicyclic) bond motifs is 1. The molecule has 0 saturated heterocycles. The maximum absolute atomic E-state index is 5.65. The van der Waals surface area contributed by atoms with Crippen LogP contribution in [-0.2, 0) is 6.42 Å². The van der Waals surface area contributed by atoms with Crippen LogP contribution in [0.1, 0.15) is 24.0 Å². The average molecular weight is 221 g/mol. The Hall–Kier alpha value is -0.470. The largest absolute Gasteiger partial charge is 0.330 e. The van der Waals surface area contributed by atoms with Gasteiger partial charge in [-0.25, -0.2) is 0 Å². The van der Waals surface area contributed by atoms with E-state index in [0.717, 1.165) is 12.5 Å². The van der Waals surface area contributed by atoms with Crippen molar-refractivity contribution in [2.75, 3.05) is 12.3 Å². The molecule has 1 aliphatic heterocycles. The van der Waals surface area contributed by atoms with Gasteiger partial charge in [0.05, 0.1) is 0 Å². The predicted molar refractivity (Wildman–Crippen MR) is 67.4 cm³/mol. The zero-order chi connectivity index (χ0) is 10.7. The molecule has 0 aliphatic carbocycles. The minimum atomic E-state index is 0.797. The Kier molecular flexibility index (Phi) is 3.71. The fraction of sp³-hybridized carbons (Fsp3) is 0.538. The Morgan fingerprint density at radius 2 is 2.33 bits per heavy atom. The van der Waals surface area contributed by atoms with Crippen LogP contribution < -0.4 is 5.73 Å². The molecule has 1 unspecified atom stereocenters. The minimum absolute atomic E-state index is 0.797. The third-order valence-electron chi connectivity index (χ3n) is 3.08. The van der Waals surface area contributed by atoms with E-state index in [1.807, 2.05) is 11.8 Å². The molecular formula is C13H19NS. The molecule has 0 fully saturated rings. The molecule has 0 spiro atoms. The molecule has 0 saturated carbocycles. The first-order chi connectivity index (χ1) is 7.29. The molecule has 0 amide bonds. The van der Waals surface area contributed by atoms with Gasteiger partial charge in [-0.05, 0) is 56.0 Å². The molecular weight excluding hydrogens is 202 g/mol. The van der Waals surface area contributed by atoms with Crippen LogP contribution in [-0.4, -0.2) is 12.3 Å². The van der Waals surface area contributed by atoms with Crippen molar-refractivity contribution in [2.45, 2.75) is 31.1 Å². The molecule has 1 atom stereocenters. The Bertz CT molecular complexity index is 335. The lowest BCUT2D eigenvalue weighted by Gasteiger charge is -2.13. The van der Waals surface area contributed by atoms with E-state index in [2.05, 4.69) is 25.1 Å². The van der Waals surface area contributed by atoms with Gasteiger partial charge < -0.3 is 5.73 Å². The lowest BCUT2D eigenvalue weighted by Crippen LogP contribution is -2.11. The molecule has 1 aliphatic rings. The number of rotatable bonds is 2. The lowest BCUT2D eigenvalue weighted by atomic mass is 9.93. The van der Waals surface area contributed by atoms with Gasteiger partial charge in [0.1, 0.15) is 0 Å². The van der Waals surface area contributed by atoms with Gasteiger partial charge in [0.25, 0.3) is 0 Å². The van der Waals surface area contributed by atoms with Gasteiger partial charge in [-0.2, -0.15) is 0 Å². The van der Waals surface area contributed by atoms with Crippen molar-refractivity contribution in [3.63, 3.8) is 0 Å². The third-order valence-corrected chi connectivity index (χ3v) is 4.23. The average Bonchev–Trinajstić information content (AvgIpc) is 2.39. The lowest BCUT2D eigenvalue weighted by molar-refractivity contribution is 0.479. The molecule has 2 heteroatoms. The molecule has 1 nitrogen and oxygen atoms in total. The number of thioether (sulfide) groups is 1. The van der Waals surface area contributed by atoms with E-state index in [0.29, 0.717) is 0 Å². The Morgan fingerprint density at radius 1 is 1.47 bits per heavy atom. The molecule has 1 aromatic rings. The van der Waals surface area contributed by atoms with Gasteiger partial charge >= 0.3 is 0 Å². The summed E-state index contributed by atoms with van der Waals surface area (Å²) in [6.07, 6.45) is 3.71. The number of hydrogen-bond donors (Lipinski definition) is 1. The number of hydrogen-bond acceptors (Lipinski definition) is 2. The summed E-state index contributed by atoms with van der Waals surface area (Å²) in [6, 6.07) is 6.84. The van der Waals surface area contributed by atoms with Crippen molar-refractivity contribution in [3.05, 3.63) is 29.3 Å². The molecule has 2 N–H and O–H groups in total. The quantitative estimate of drug-likeness (QED) is 0.831. The van der Waals surface area contributed by atoms with E-state index in [4.69, 9.17) is 5.73 Å².